The first-order chi connectivity index (χ1) is 9.02. The Labute approximate surface area is 113 Å². The van der Waals surface area contributed by atoms with E-state index in [2.05, 4.69) is 16.6 Å². The van der Waals surface area contributed by atoms with E-state index >= 15 is 0 Å². The van der Waals surface area contributed by atoms with Crippen LogP contribution in [0.5, 0.6) is 0 Å². The maximum Gasteiger partial charge on any atom is 0.237 e. The Morgan fingerprint density at radius 1 is 1.37 bits per heavy atom. The summed E-state index contributed by atoms with van der Waals surface area (Å²) in [5, 5.41) is 5.80. The quantitative estimate of drug-likeness (QED) is 0.763. The van der Waals surface area contributed by atoms with Crippen molar-refractivity contribution in [1.29, 1.82) is 0 Å². The molecular weight excluding hydrogens is 243 g/mol. The molecule has 0 radical (unpaired) electrons. The van der Waals surface area contributed by atoms with Crippen LogP contribution in [0.4, 0.5) is 4.39 Å². The molecule has 0 spiro atoms. The van der Waals surface area contributed by atoms with Crippen LogP contribution in [0, 0.1) is 18.2 Å². The standard InChI is InChI=1S/C15H19FN2O/c1-4-9-17-15(19)12(3)18-11(2)10-13-5-7-14(16)8-6-13/h1,5-8,11-12,18H,9-10H2,2-3H3,(H,17,19). The second kappa shape index (κ2) is 7.55. The van der Waals surface area contributed by atoms with Crippen molar-refractivity contribution in [3.63, 3.8) is 0 Å². The van der Waals surface area contributed by atoms with Crippen LogP contribution in [-0.2, 0) is 11.2 Å². The van der Waals surface area contributed by atoms with Gasteiger partial charge in [-0.15, -0.1) is 6.42 Å². The van der Waals surface area contributed by atoms with Gasteiger partial charge in [-0.3, -0.25) is 4.79 Å². The third-order valence-electron chi connectivity index (χ3n) is 2.75. The van der Waals surface area contributed by atoms with Crippen LogP contribution in [0.3, 0.4) is 0 Å². The molecule has 0 heterocycles. The molecular formula is C15H19FN2O. The number of terminal acetylenes is 1. The summed E-state index contributed by atoms with van der Waals surface area (Å²) >= 11 is 0. The minimum atomic E-state index is -0.316. The van der Waals surface area contributed by atoms with Gasteiger partial charge in [-0.1, -0.05) is 18.1 Å². The van der Waals surface area contributed by atoms with Gasteiger partial charge in [0.2, 0.25) is 5.91 Å². The van der Waals surface area contributed by atoms with Crippen molar-refractivity contribution in [3.05, 3.63) is 35.6 Å². The molecule has 0 aliphatic rings. The van der Waals surface area contributed by atoms with E-state index in [9.17, 15) is 9.18 Å². The number of hydrogen-bond donors (Lipinski definition) is 2. The van der Waals surface area contributed by atoms with Crippen LogP contribution in [0.25, 0.3) is 0 Å². The zero-order valence-corrected chi connectivity index (χ0v) is 11.2. The lowest BCUT2D eigenvalue weighted by molar-refractivity contribution is -0.122. The highest BCUT2D eigenvalue weighted by molar-refractivity contribution is 5.81. The van der Waals surface area contributed by atoms with Crippen LogP contribution in [0.2, 0.25) is 0 Å². The van der Waals surface area contributed by atoms with Crippen molar-refractivity contribution in [2.45, 2.75) is 32.4 Å². The fraction of sp³-hybridized carbons (Fsp3) is 0.400. The molecule has 0 aliphatic carbocycles. The average molecular weight is 262 g/mol. The molecule has 1 rings (SSSR count). The zero-order valence-electron chi connectivity index (χ0n) is 11.2. The Morgan fingerprint density at radius 2 is 2.00 bits per heavy atom. The molecule has 19 heavy (non-hydrogen) atoms. The molecule has 0 aliphatic heterocycles. The Balaban J connectivity index is 2.42. The van der Waals surface area contributed by atoms with Crippen molar-refractivity contribution in [3.8, 4) is 12.3 Å². The van der Waals surface area contributed by atoms with Crippen molar-refractivity contribution in [2.24, 2.45) is 0 Å². The summed E-state index contributed by atoms with van der Waals surface area (Å²) in [5.41, 5.74) is 1.03. The largest absolute Gasteiger partial charge is 0.344 e. The van der Waals surface area contributed by atoms with Gasteiger partial charge < -0.3 is 10.6 Å². The minimum Gasteiger partial charge on any atom is -0.344 e. The zero-order chi connectivity index (χ0) is 14.3. The lowest BCUT2D eigenvalue weighted by Gasteiger charge is -2.19. The minimum absolute atomic E-state index is 0.108. The molecule has 102 valence electrons. The summed E-state index contributed by atoms with van der Waals surface area (Å²) in [6, 6.07) is 6.16. The van der Waals surface area contributed by atoms with Crippen molar-refractivity contribution >= 4 is 5.91 Å². The molecule has 0 aromatic heterocycles. The molecule has 1 aromatic carbocycles. The van der Waals surface area contributed by atoms with Gasteiger partial charge in [-0.05, 0) is 38.0 Å². The first-order valence-corrected chi connectivity index (χ1v) is 6.24. The molecule has 1 aromatic rings. The number of benzene rings is 1. The van der Waals surface area contributed by atoms with Gasteiger partial charge in [0.25, 0.3) is 0 Å². The van der Waals surface area contributed by atoms with Gasteiger partial charge in [0, 0.05) is 6.04 Å². The van der Waals surface area contributed by atoms with Gasteiger partial charge in [0.15, 0.2) is 0 Å². The summed E-state index contributed by atoms with van der Waals surface area (Å²) in [6.45, 7) is 4.00. The fourth-order valence-corrected chi connectivity index (χ4v) is 1.83. The molecule has 2 unspecified atom stereocenters. The van der Waals surface area contributed by atoms with E-state index in [1.54, 1.807) is 19.1 Å². The van der Waals surface area contributed by atoms with E-state index in [4.69, 9.17) is 6.42 Å². The molecule has 0 fully saturated rings. The summed E-state index contributed by atoms with van der Waals surface area (Å²) in [6.07, 6.45) is 5.81. The maximum absolute atomic E-state index is 12.8. The van der Waals surface area contributed by atoms with E-state index in [-0.39, 0.29) is 30.4 Å². The van der Waals surface area contributed by atoms with Gasteiger partial charge in [0.1, 0.15) is 5.82 Å². The molecule has 2 atom stereocenters. The van der Waals surface area contributed by atoms with E-state index in [1.807, 2.05) is 6.92 Å². The number of amides is 1. The van der Waals surface area contributed by atoms with Crippen LogP contribution in [0.1, 0.15) is 19.4 Å². The Hall–Kier alpha value is -1.86. The predicted octanol–water partition coefficient (Wildman–Crippen LogP) is 1.48. The highest BCUT2D eigenvalue weighted by atomic mass is 19.1. The second-order valence-electron chi connectivity index (χ2n) is 4.54. The number of rotatable bonds is 6. The lowest BCUT2D eigenvalue weighted by atomic mass is 10.1. The van der Waals surface area contributed by atoms with Crippen molar-refractivity contribution in [2.75, 3.05) is 6.54 Å². The fourth-order valence-electron chi connectivity index (χ4n) is 1.83. The monoisotopic (exact) mass is 262 g/mol. The molecule has 0 bridgehead atoms. The average Bonchev–Trinajstić information content (AvgIpc) is 2.38. The summed E-state index contributed by atoms with van der Waals surface area (Å²) in [5.74, 6) is 1.99. The number of carbonyl (C=O) groups is 1. The second-order valence-corrected chi connectivity index (χ2v) is 4.54. The number of nitrogens with one attached hydrogen (secondary N) is 2. The van der Waals surface area contributed by atoms with Crippen LogP contribution in [0.15, 0.2) is 24.3 Å². The van der Waals surface area contributed by atoms with Gasteiger partial charge in [0.05, 0.1) is 12.6 Å². The Kier molecular flexibility index (Phi) is 6.04. The molecule has 2 N–H and O–H groups in total. The van der Waals surface area contributed by atoms with Crippen LogP contribution < -0.4 is 10.6 Å². The van der Waals surface area contributed by atoms with Gasteiger partial charge in [-0.25, -0.2) is 4.39 Å². The van der Waals surface area contributed by atoms with Crippen LogP contribution >= 0.6 is 0 Å². The first kappa shape index (κ1) is 15.2. The Bertz CT molecular complexity index is 450. The molecule has 3 nitrogen and oxygen atoms in total. The van der Waals surface area contributed by atoms with Crippen LogP contribution in [-0.4, -0.2) is 24.5 Å². The van der Waals surface area contributed by atoms with E-state index in [0.29, 0.717) is 0 Å². The predicted molar refractivity (Wildman–Crippen MR) is 74.0 cm³/mol. The highest BCUT2D eigenvalue weighted by Gasteiger charge is 2.14. The number of halogens is 1. The number of hydrogen-bond acceptors (Lipinski definition) is 2. The smallest absolute Gasteiger partial charge is 0.237 e. The van der Waals surface area contributed by atoms with E-state index < -0.39 is 0 Å². The van der Waals surface area contributed by atoms with Crippen molar-refractivity contribution < 1.29 is 9.18 Å². The third kappa shape index (κ3) is 5.54. The highest BCUT2D eigenvalue weighted by Crippen LogP contribution is 2.06. The SMILES string of the molecule is C#CCNC(=O)C(C)NC(C)Cc1ccc(F)cc1. The number of carbonyl (C=O) groups excluding carboxylic acids is 1. The maximum atomic E-state index is 12.8. The normalized spacial score (nSPS) is 13.4. The molecule has 4 heteroatoms. The summed E-state index contributed by atoms with van der Waals surface area (Å²) < 4.78 is 12.8. The third-order valence-corrected chi connectivity index (χ3v) is 2.75. The van der Waals surface area contributed by atoms with Gasteiger partial charge >= 0.3 is 0 Å². The van der Waals surface area contributed by atoms with E-state index in [0.717, 1.165) is 12.0 Å². The van der Waals surface area contributed by atoms with Crippen molar-refractivity contribution in [1.82, 2.24) is 10.6 Å². The topological polar surface area (TPSA) is 41.1 Å². The first-order valence-electron chi connectivity index (χ1n) is 6.24. The molecule has 1 amide bonds. The molecule has 0 saturated heterocycles. The summed E-state index contributed by atoms with van der Waals surface area (Å²) in [4.78, 5) is 11.6. The Morgan fingerprint density at radius 3 is 2.58 bits per heavy atom. The van der Waals surface area contributed by atoms with E-state index in [1.165, 1.54) is 12.1 Å². The summed E-state index contributed by atoms with van der Waals surface area (Å²) in [7, 11) is 0. The lowest BCUT2D eigenvalue weighted by Crippen LogP contribution is -2.46. The van der Waals surface area contributed by atoms with Gasteiger partial charge in [-0.2, -0.15) is 0 Å². The molecule has 0 saturated carbocycles.